The Hall–Kier alpha value is 2.46. The first-order chi connectivity index (χ1) is 14.7. The van der Waals surface area contributed by atoms with Crippen LogP contribution in [0.5, 0.6) is 5.75 Å². The molecule has 0 atom stereocenters. The van der Waals surface area contributed by atoms with E-state index in [4.69, 9.17) is 19.9 Å². The summed E-state index contributed by atoms with van der Waals surface area (Å²) in [7, 11) is 0. The number of carbonyl (C=O) groups excluding carboxylic acids is 1. The molecule has 0 spiro atoms. The van der Waals surface area contributed by atoms with E-state index in [1.807, 2.05) is 0 Å². The number of carbonyl (C=O) groups is 1. The van der Waals surface area contributed by atoms with Crippen LogP contribution in [0.15, 0.2) is 36.4 Å². The Balaban J connectivity index is -0.000000118. The second kappa shape index (κ2) is 30.7. The molecule has 0 aliphatic heterocycles. The van der Waals surface area contributed by atoms with Crippen molar-refractivity contribution in [3.05, 3.63) is 62.2 Å². The molecule has 2 rings (SSSR count). The number of aliphatic hydroxyl groups is 1. The zero-order valence-corrected chi connectivity index (χ0v) is 36.5. The monoisotopic (exact) mass is 812 g/mol. The predicted molar refractivity (Wildman–Crippen MR) is 135 cm³/mol. The average Bonchev–Trinajstić information content (AvgIpc) is 2.68. The van der Waals surface area contributed by atoms with Crippen LogP contribution in [0.3, 0.4) is 0 Å². The van der Waals surface area contributed by atoms with Gasteiger partial charge in [0.1, 0.15) is 5.75 Å². The molecule has 2 aromatic rings. The van der Waals surface area contributed by atoms with E-state index in [9.17, 15) is 0 Å². The largest absolute Gasteiger partial charge is 1.00 e. The normalized spacial score (nSPS) is 8.52. The van der Waals surface area contributed by atoms with Gasteiger partial charge in [-0.3, -0.25) is 4.79 Å². The number of halogens is 1. The molecule has 0 bridgehead atoms. The van der Waals surface area contributed by atoms with Crippen LogP contribution in [0, 0.1) is 31.3 Å². The molecule has 0 heterocycles. The van der Waals surface area contributed by atoms with Crippen molar-refractivity contribution in [2.75, 3.05) is 13.2 Å². The van der Waals surface area contributed by atoms with E-state index >= 15 is 0 Å². The van der Waals surface area contributed by atoms with E-state index in [0.717, 1.165) is 31.6 Å². The van der Waals surface area contributed by atoms with Gasteiger partial charge in [0.05, 0.1) is 6.61 Å². The van der Waals surface area contributed by atoms with Crippen molar-refractivity contribution in [1.82, 2.24) is 0 Å². The average molecular weight is 812 g/mol. The second-order valence-corrected chi connectivity index (χ2v) is 8.35. The minimum Gasteiger partial charge on any atom is -1.00 e. The van der Waals surface area contributed by atoms with Crippen LogP contribution in [0.2, 0.25) is 0 Å². The summed E-state index contributed by atoms with van der Waals surface area (Å²) < 4.78 is 6.93. The van der Waals surface area contributed by atoms with Gasteiger partial charge in [0.2, 0.25) is 0 Å². The number of unbranched alkanes of at least 4 members (excludes halogenated alkanes) is 2. The number of ether oxygens (including phenoxy) is 1. The van der Waals surface area contributed by atoms with Crippen molar-refractivity contribution in [2.45, 2.75) is 67.2 Å². The minimum atomic E-state index is -0.181. The third-order valence-corrected chi connectivity index (χ3v) is 4.32. The maximum absolute atomic E-state index is 8.64. The Bertz CT molecular complexity index is 649. The molecule has 0 saturated heterocycles. The van der Waals surface area contributed by atoms with Crippen molar-refractivity contribution in [2.24, 2.45) is 0 Å². The SMILES string of the molecule is CCCCO.CCCCOc1cc(C)cc(C)c1.Cc1cc(C)cc(I)c1.O=CO[O-].[Cs+].[Cs+].[H-]. The summed E-state index contributed by atoms with van der Waals surface area (Å²) in [5.41, 5.74) is 5.23. The van der Waals surface area contributed by atoms with Crippen molar-refractivity contribution >= 4 is 29.1 Å². The number of benzene rings is 2. The van der Waals surface area contributed by atoms with E-state index in [2.05, 4.69) is 105 Å². The molecule has 0 aliphatic carbocycles. The van der Waals surface area contributed by atoms with Crippen LogP contribution in [0.25, 0.3) is 0 Å². The zero-order chi connectivity index (χ0) is 24.1. The summed E-state index contributed by atoms with van der Waals surface area (Å²) in [5, 5.41) is 16.5. The summed E-state index contributed by atoms with van der Waals surface area (Å²) in [4.78, 5) is 11.2. The van der Waals surface area contributed by atoms with Gasteiger partial charge in [0.15, 0.2) is 0 Å². The molecular weight excluding hydrogens is 773 g/mol. The van der Waals surface area contributed by atoms with E-state index < -0.39 is 0 Å². The third kappa shape index (κ3) is 30.6. The number of aryl methyl sites for hydroxylation is 4. The van der Waals surface area contributed by atoms with Gasteiger partial charge >= 0.3 is 138 Å². The molecule has 0 radical (unpaired) electrons. The molecule has 5 nitrogen and oxygen atoms in total. The number of hydrogen-bond donors (Lipinski definition) is 1. The molecule has 0 unspecified atom stereocenters. The predicted octanol–water partition coefficient (Wildman–Crippen LogP) is -0.276. The first-order valence-electron chi connectivity index (χ1n) is 10.5. The summed E-state index contributed by atoms with van der Waals surface area (Å²) in [6.45, 7) is 13.7. The van der Waals surface area contributed by atoms with Gasteiger partial charge in [-0.1, -0.05) is 38.8 Å². The van der Waals surface area contributed by atoms with E-state index in [-0.39, 0.29) is 146 Å². The fourth-order valence-electron chi connectivity index (χ4n) is 2.43. The van der Waals surface area contributed by atoms with Gasteiger partial charge in [-0.05, 0) is 110 Å². The first-order valence-corrected chi connectivity index (χ1v) is 11.6. The summed E-state index contributed by atoms with van der Waals surface area (Å²) in [6.07, 6.45) is 4.36. The second-order valence-electron chi connectivity index (χ2n) is 7.10. The number of aliphatic hydroxyl groups excluding tert-OH is 1. The number of hydrogen-bond acceptors (Lipinski definition) is 5. The molecule has 0 saturated carbocycles. The molecule has 2 aromatic carbocycles. The molecule has 1 N–H and O–H groups in total. The molecule has 0 aromatic heterocycles. The quantitative estimate of drug-likeness (QED) is 0.137. The summed E-state index contributed by atoms with van der Waals surface area (Å²) in [6, 6.07) is 12.9. The van der Waals surface area contributed by atoms with E-state index in [0.29, 0.717) is 6.61 Å². The Morgan fingerprint density at radius 1 is 0.879 bits per heavy atom. The Kier molecular flexibility index (Phi) is 39.6. The minimum absolute atomic E-state index is 0. The Morgan fingerprint density at radius 3 is 1.55 bits per heavy atom. The van der Waals surface area contributed by atoms with Gasteiger partial charge in [-0.15, -0.1) is 0 Å². The van der Waals surface area contributed by atoms with Crippen molar-refractivity contribution < 1.29 is 164 Å². The van der Waals surface area contributed by atoms with Gasteiger partial charge < -0.3 is 21.4 Å². The van der Waals surface area contributed by atoms with Gasteiger partial charge in [0.25, 0.3) is 6.47 Å². The number of rotatable bonds is 7. The topological polar surface area (TPSA) is 78.8 Å². The van der Waals surface area contributed by atoms with Crippen LogP contribution < -0.4 is 148 Å². The molecule has 0 aliphatic rings. The smallest absolute Gasteiger partial charge is 1.00 e. The van der Waals surface area contributed by atoms with Crippen LogP contribution in [-0.4, -0.2) is 24.8 Å². The van der Waals surface area contributed by atoms with Gasteiger partial charge in [-0.2, -0.15) is 0 Å². The third-order valence-electron chi connectivity index (χ3n) is 3.70. The Labute approximate surface area is 334 Å². The van der Waals surface area contributed by atoms with E-state index in [1.165, 1.54) is 32.2 Å². The van der Waals surface area contributed by atoms with Gasteiger partial charge in [0, 0.05) is 10.2 Å². The van der Waals surface area contributed by atoms with Crippen molar-refractivity contribution in [1.29, 1.82) is 0 Å². The maximum atomic E-state index is 8.64. The van der Waals surface area contributed by atoms with Crippen LogP contribution >= 0.6 is 22.6 Å². The van der Waals surface area contributed by atoms with E-state index in [1.54, 1.807) is 0 Å². The van der Waals surface area contributed by atoms with Gasteiger partial charge in [-0.25, -0.2) is 0 Å². The molecule has 0 amide bonds. The van der Waals surface area contributed by atoms with Crippen molar-refractivity contribution in [3.8, 4) is 5.75 Å². The fourth-order valence-corrected chi connectivity index (χ4v) is 3.41. The van der Waals surface area contributed by atoms with Crippen LogP contribution in [-0.2, 0) is 9.68 Å². The maximum Gasteiger partial charge on any atom is 1.00 e. The molecule has 0 fully saturated rings. The van der Waals surface area contributed by atoms with Crippen molar-refractivity contribution in [3.63, 3.8) is 0 Å². The molecule has 178 valence electrons. The van der Waals surface area contributed by atoms with Crippen LogP contribution in [0.4, 0.5) is 0 Å². The fraction of sp³-hybridized carbons (Fsp3) is 0.480. The summed E-state index contributed by atoms with van der Waals surface area (Å²) >= 11 is 2.33. The Morgan fingerprint density at radius 2 is 1.27 bits per heavy atom. The molecular formula is C25H39Cs2IO5. The first kappa shape index (κ1) is 42.5. The molecule has 8 heteroatoms. The van der Waals surface area contributed by atoms with Crippen LogP contribution in [0.1, 0.15) is 63.2 Å². The zero-order valence-electron chi connectivity index (χ0n) is 22.7. The molecule has 33 heavy (non-hydrogen) atoms. The summed E-state index contributed by atoms with van der Waals surface area (Å²) in [5.74, 6) is 1.01. The standard InChI is InChI=1S/C12H18O.C8H9I.C4H10O.CH2O3.2Cs.H/c1-4-5-6-13-12-8-10(2)7-11(3)9-12;1-6-3-7(2)5-8(9)4-6;1-2-3-4-5;2-1-4-3;;;/h7-9H,4-6H2,1-3H3;3-5H,1-2H3;5H,2-4H2,1H3;1,3H;;;/q;;;;2*+1;-1/p-1.